The summed E-state index contributed by atoms with van der Waals surface area (Å²) in [5.74, 6) is 1.63. The van der Waals surface area contributed by atoms with E-state index in [4.69, 9.17) is 4.74 Å². The summed E-state index contributed by atoms with van der Waals surface area (Å²) in [6, 6.07) is 9.01. The minimum absolute atomic E-state index is 0.00594. The third-order valence-corrected chi connectivity index (χ3v) is 6.09. The summed E-state index contributed by atoms with van der Waals surface area (Å²) in [5.41, 5.74) is 1.24. The average molecular weight is 416 g/mol. The van der Waals surface area contributed by atoms with E-state index in [2.05, 4.69) is 38.7 Å². The maximum atomic E-state index is 12.1. The quantitative estimate of drug-likeness (QED) is 0.504. The summed E-state index contributed by atoms with van der Waals surface area (Å²) in [6.45, 7) is 3.10. The largest absolute Gasteiger partial charge is 0.497 e. The first-order valence-corrected chi connectivity index (χ1v) is 11.2. The molecular weight excluding hydrogens is 378 g/mol. The van der Waals surface area contributed by atoms with Crippen molar-refractivity contribution in [3.05, 3.63) is 29.8 Å². The van der Waals surface area contributed by atoms with Gasteiger partial charge in [-0.1, -0.05) is 25.0 Å². The molecule has 1 aromatic rings. The van der Waals surface area contributed by atoms with Gasteiger partial charge in [0.15, 0.2) is 5.96 Å². The van der Waals surface area contributed by atoms with Crippen LogP contribution in [-0.4, -0.2) is 75.1 Å². The summed E-state index contributed by atoms with van der Waals surface area (Å²) < 4.78 is 5.45. The average Bonchev–Trinajstić information content (AvgIpc) is 3.46. The molecule has 1 atom stereocenters. The highest BCUT2D eigenvalue weighted by atomic mass is 16.5. The molecule has 166 valence electrons. The van der Waals surface area contributed by atoms with Gasteiger partial charge in [0.1, 0.15) is 12.3 Å². The summed E-state index contributed by atoms with van der Waals surface area (Å²) >= 11 is 0. The Morgan fingerprint density at radius 2 is 1.97 bits per heavy atom. The third-order valence-electron chi connectivity index (χ3n) is 6.09. The zero-order valence-electron chi connectivity index (χ0n) is 18.7. The molecule has 1 aliphatic heterocycles. The number of likely N-dealkylation sites (N-methyl/N-ethyl adjacent to an activating group) is 1. The van der Waals surface area contributed by atoms with Crippen molar-refractivity contribution in [1.29, 1.82) is 0 Å². The van der Waals surface area contributed by atoms with Gasteiger partial charge in [-0.25, -0.2) is 4.99 Å². The minimum Gasteiger partial charge on any atom is -0.497 e. The van der Waals surface area contributed by atoms with E-state index >= 15 is 0 Å². The maximum absolute atomic E-state index is 12.1. The summed E-state index contributed by atoms with van der Waals surface area (Å²) in [4.78, 5) is 20.8. The number of aliphatic imine (C=N–C) groups is 1. The number of likely N-dealkylation sites (tertiary alicyclic amines) is 1. The number of carbonyl (C=O) groups excluding carboxylic acids is 1. The van der Waals surface area contributed by atoms with Crippen LogP contribution in [0.15, 0.2) is 29.3 Å². The van der Waals surface area contributed by atoms with Crippen LogP contribution in [0.25, 0.3) is 0 Å². The molecule has 0 spiro atoms. The molecule has 1 saturated carbocycles. The molecule has 2 aliphatic rings. The number of hydrogen-bond acceptors (Lipinski definition) is 4. The molecule has 0 aromatic heterocycles. The van der Waals surface area contributed by atoms with E-state index in [9.17, 15) is 4.79 Å². The molecular formula is C23H37N5O2. The van der Waals surface area contributed by atoms with E-state index in [0.717, 1.165) is 44.2 Å². The molecule has 0 bridgehead atoms. The molecule has 1 aromatic carbocycles. The SMILES string of the molecule is COc1cccc(C(CNC(=NCC(=O)N(C)C)NC2CCCC2)N2CCCC2)c1. The van der Waals surface area contributed by atoms with E-state index in [-0.39, 0.29) is 18.5 Å². The number of methoxy groups -OCH3 is 1. The van der Waals surface area contributed by atoms with Crippen LogP contribution in [0, 0.1) is 0 Å². The van der Waals surface area contributed by atoms with Crippen molar-refractivity contribution in [2.24, 2.45) is 4.99 Å². The second-order valence-electron chi connectivity index (χ2n) is 8.50. The predicted octanol–water partition coefficient (Wildman–Crippen LogP) is 2.40. The van der Waals surface area contributed by atoms with Gasteiger partial charge in [-0.05, 0) is 56.5 Å². The number of ether oxygens (including phenoxy) is 1. The first-order valence-electron chi connectivity index (χ1n) is 11.2. The molecule has 1 unspecified atom stereocenters. The smallest absolute Gasteiger partial charge is 0.243 e. The highest BCUT2D eigenvalue weighted by Gasteiger charge is 2.25. The number of benzene rings is 1. The lowest BCUT2D eigenvalue weighted by Gasteiger charge is -2.29. The highest BCUT2D eigenvalue weighted by Crippen LogP contribution is 2.27. The first-order chi connectivity index (χ1) is 14.6. The fraction of sp³-hybridized carbons (Fsp3) is 0.652. The van der Waals surface area contributed by atoms with Crippen LogP contribution in [0.3, 0.4) is 0 Å². The van der Waals surface area contributed by atoms with Crippen molar-refractivity contribution in [3.63, 3.8) is 0 Å². The highest BCUT2D eigenvalue weighted by molar-refractivity contribution is 5.85. The van der Waals surface area contributed by atoms with Crippen LogP contribution >= 0.6 is 0 Å². The second-order valence-corrected chi connectivity index (χ2v) is 8.50. The van der Waals surface area contributed by atoms with E-state index in [1.165, 1.54) is 31.2 Å². The van der Waals surface area contributed by atoms with Crippen LogP contribution in [0.5, 0.6) is 5.75 Å². The molecule has 2 fully saturated rings. The van der Waals surface area contributed by atoms with Gasteiger partial charge in [-0.3, -0.25) is 9.69 Å². The number of carbonyl (C=O) groups is 1. The van der Waals surface area contributed by atoms with Gasteiger partial charge in [0.25, 0.3) is 0 Å². The van der Waals surface area contributed by atoms with Crippen LogP contribution in [-0.2, 0) is 4.79 Å². The van der Waals surface area contributed by atoms with Crippen LogP contribution in [0.4, 0.5) is 0 Å². The van der Waals surface area contributed by atoms with E-state index in [1.807, 2.05) is 6.07 Å². The number of amides is 1. The molecule has 7 nitrogen and oxygen atoms in total. The third kappa shape index (κ3) is 6.36. The topological polar surface area (TPSA) is 69.2 Å². The lowest BCUT2D eigenvalue weighted by molar-refractivity contribution is -0.127. The fourth-order valence-electron chi connectivity index (χ4n) is 4.26. The normalized spacial score (nSPS) is 19.0. The Morgan fingerprint density at radius 1 is 1.23 bits per heavy atom. The Balaban J connectivity index is 1.72. The molecule has 2 N–H and O–H groups in total. The Labute approximate surface area is 180 Å². The summed E-state index contributed by atoms with van der Waals surface area (Å²) in [5, 5.41) is 7.09. The van der Waals surface area contributed by atoms with E-state index in [1.54, 1.807) is 26.1 Å². The van der Waals surface area contributed by atoms with E-state index < -0.39 is 0 Å². The zero-order chi connectivity index (χ0) is 21.3. The molecule has 7 heteroatoms. The fourth-order valence-corrected chi connectivity index (χ4v) is 4.26. The van der Waals surface area contributed by atoms with Crippen molar-refractivity contribution in [3.8, 4) is 5.75 Å². The number of hydrogen-bond donors (Lipinski definition) is 2. The predicted molar refractivity (Wildman–Crippen MR) is 121 cm³/mol. The van der Waals surface area contributed by atoms with Crippen molar-refractivity contribution in [2.75, 3.05) is 47.4 Å². The molecule has 1 amide bonds. The zero-order valence-corrected chi connectivity index (χ0v) is 18.7. The number of nitrogens with zero attached hydrogens (tertiary/aromatic N) is 3. The number of rotatable bonds is 8. The second kappa shape index (κ2) is 11.2. The van der Waals surface area contributed by atoms with Gasteiger partial charge in [-0.15, -0.1) is 0 Å². The van der Waals surface area contributed by atoms with Gasteiger partial charge in [-0.2, -0.15) is 0 Å². The summed E-state index contributed by atoms with van der Waals surface area (Å²) in [7, 11) is 5.24. The van der Waals surface area contributed by atoms with Gasteiger partial charge < -0.3 is 20.3 Å². The van der Waals surface area contributed by atoms with Gasteiger partial charge in [0.05, 0.1) is 13.2 Å². The Hall–Kier alpha value is -2.28. The molecule has 0 radical (unpaired) electrons. The minimum atomic E-state index is 0.00594. The lowest BCUT2D eigenvalue weighted by atomic mass is 10.1. The lowest BCUT2D eigenvalue weighted by Crippen LogP contribution is -2.46. The Kier molecular flexibility index (Phi) is 8.37. The van der Waals surface area contributed by atoms with Crippen LogP contribution in [0.1, 0.15) is 50.1 Å². The van der Waals surface area contributed by atoms with Gasteiger partial charge in [0.2, 0.25) is 5.91 Å². The van der Waals surface area contributed by atoms with Crippen LogP contribution < -0.4 is 15.4 Å². The standard InChI is InChI=1S/C23H37N5O2/c1-27(2)22(29)17-25-23(26-19-10-4-5-11-19)24-16-21(28-13-6-7-14-28)18-9-8-12-20(15-18)30-3/h8-9,12,15,19,21H,4-7,10-11,13-14,16-17H2,1-3H3,(H2,24,25,26). The van der Waals surface area contributed by atoms with E-state index in [0.29, 0.717) is 6.04 Å². The monoisotopic (exact) mass is 415 g/mol. The van der Waals surface area contributed by atoms with Crippen molar-refractivity contribution in [2.45, 2.75) is 50.6 Å². The Bertz CT molecular complexity index is 709. The van der Waals surface area contributed by atoms with Crippen molar-refractivity contribution >= 4 is 11.9 Å². The van der Waals surface area contributed by atoms with Crippen molar-refractivity contribution in [1.82, 2.24) is 20.4 Å². The molecule has 1 heterocycles. The van der Waals surface area contributed by atoms with Crippen LogP contribution in [0.2, 0.25) is 0 Å². The van der Waals surface area contributed by atoms with Gasteiger partial charge >= 0.3 is 0 Å². The maximum Gasteiger partial charge on any atom is 0.243 e. The number of guanidine groups is 1. The van der Waals surface area contributed by atoms with Gasteiger partial charge in [0, 0.05) is 26.7 Å². The molecule has 1 saturated heterocycles. The first kappa shape index (κ1) is 22.4. The molecule has 30 heavy (non-hydrogen) atoms. The molecule has 3 rings (SSSR count). The van der Waals surface area contributed by atoms with Crippen molar-refractivity contribution < 1.29 is 9.53 Å². The Morgan fingerprint density at radius 3 is 2.63 bits per heavy atom. The summed E-state index contributed by atoms with van der Waals surface area (Å²) in [6.07, 6.45) is 7.29. The number of nitrogens with one attached hydrogen (secondary N) is 2. The molecule has 1 aliphatic carbocycles.